The molecule has 4 aromatic rings. The number of ketones is 1. The summed E-state index contributed by atoms with van der Waals surface area (Å²) in [4.78, 5) is 24.1. The van der Waals surface area contributed by atoms with Crippen molar-refractivity contribution in [1.29, 1.82) is 0 Å². The number of benzene rings is 2. The van der Waals surface area contributed by atoms with Gasteiger partial charge in [0, 0.05) is 11.8 Å². The first-order valence-corrected chi connectivity index (χ1v) is 8.88. The van der Waals surface area contributed by atoms with Crippen molar-refractivity contribution >= 4 is 28.9 Å². The molecule has 29 heavy (non-hydrogen) atoms. The highest BCUT2D eigenvalue weighted by molar-refractivity contribution is 6.35. The molecule has 4 nitrogen and oxygen atoms in total. The maximum absolute atomic E-state index is 14.7. The minimum atomic E-state index is -1.09. The molecule has 4 rings (SSSR count). The summed E-state index contributed by atoms with van der Waals surface area (Å²) in [5.41, 5.74) is 0.806. The van der Waals surface area contributed by atoms with Gasteiger partial charge in [-0.05, 0) is 48.0 Å². The number of nitrogens with zero attached hydrogens (tertiary/aromatic N) is 1. The van der Waals surface area contributed by atoms with E-state index in [0.717, 1.165) is 6.07 Å². The number of hydrogen-bond donors (Lipinski definition) is 1. The van der Waals surface area contributed by atoms with Crippen molar-refractivity contribution in [2.24, 2.45) is 0 Å². The Kier molecular flexibility index (Phi) is 4.64. The van der Waals surface area contributed by atoms with E-state index in [1.54, 1.807) is 0 Å². The van der Waals surface area contributed by atoms with E-state index in [2.05, 4.69) is 0 Å². The molecule has 1 N–H and O–H groups in total. The smallest absolute Gasteiger partial charge is 0.335 e. The molecular weight excluding hydrogens is 400 g/mol. The molecule has 0 bridgehead atoms. The molecule has 0 radical (unpaired) electrons. The number of aromatic carboxylic acids is 1. The fraction of sp³-hybridized carbons (Fsp3) is 0. The molecule has 0 saturated carbocycles. The number of aromatic nitrogens is 1. The standard InChI is InChI=1S/C22H12ClF2NO3/c23-15-3-1-4-16(24)19(15)21(27)18-11-14(20-17(25)5-2-10-26(18)20)12-6-8-13(9-7-12)22(28)29/h1-11H,(H,28,29). The van der Waals surface area contributed by atoms with Gasteiger partial charge in [0.25, 0.3) is 0 Å². The predicted molar refractivity (Wildman–Crippen MR) is 105 cm³/mol. The topological polar surface area (TPSA) is 58.8 Å². The molecule has 0 aliphatic rings. The second-order valence-corrected chi connectivity index (χ2v) is 6.73. The van der Waals surface area contributed by atoms with Gasteiger partial charge >= 0.3 is 5.97 Å². The summed E-state index contributed by atoms with van der Waals surface area (Å²) < 4.78 is 30.3. The first-order valence-electron chi connectivity index (χ1n) is 8.50. The minimum absolute atomic E-state index is 0.0313. The average molecular weight is 412 g/mol. The molecule has 0 atom stereocenters. The molecule has 0 saturated heterocycles. The predicted octanol–water partition coefficient (Wildman–Crippen LogP) is 5.47. The van der Waals surface area contributed by atoms with Crippen molar-refractivity contribution in [3.05, 3.63) is 100 Å². The molecule has 2 heterocycles. The molecule has 0 unspecified atom stereocenters. The monoisotopic (exact) mass is 411 g/mol. The summed E-state index contributed by atoms with van der Waals surface area (Å²) in [6, 6.07) is 13.9. The quantitative estimate of drug-likeness (QED) is 0.453. The van der Waals surface area contributed by atoms with Gasteiger partial charge in [0.05, 0.1) is 27.4 Å². The van der Waals surface area contributed by atoms with E-state index in [0.29, 0.717) is 11.1 Å². The number of pyridine rings is 1. The van der Waals surface area contributed by atoms with Crippen molar-refractivity contribution in [2.45, 2.75) is 0 Å². The van der Waals surface area contributed by atoms with Crippen LogP contribution >= 0.6 is 11.6 Å². The van der Waals surface area contributed by atoms with Crippen molar-refractivity contribution in [3.63, 3.8) is 0 Å². The first kappa shape index (κ1) is 18.8. The van der Waals surface area contributed by atoms with Crippen molar-refractivity contribution in [3.8, 4) is 11.1 Å². The summed E-state index contributed by atoms with van der Waals surface area (Å²) in [6.07, 6.45) is 1.50. The van der Waals surface area contributed by atoms with Crippen LogP contribution < -0.4 is 0 Å². The Morgan fingerprint density at radius 2 is 1.62 bits per heavy atom. The first-order chi connectivity index (χ1) is 13.9. The van der Waals surface area contributed by atoms with E-state index in [1.807, 2.05) is 0 Å². The van der Waals surface area contributed by atoms with E-state index >= 15 is 0 Å². The average Bonchev–Trinajstić information content (AvgIpc) is 3.09. The van der Waals surface area contributed by atoms with Crippen molar-refractivity contribution in [1.82, 2.24) is 4.40 Å². The van der Waals surface area contributed by atoms with E-state index in [4.69, 9.17) is 16.7 Å². The Morgan fingerprint density at radius 3 is 2.28 bits per heavy atom. The molecule has 0 aliphatic heterocycles. The van der Waals surface area contributed by atoms with Gasteiger partial charge in [0.1, 0.15) is 11.6 Å². The number of carbonyl (C=O) groups is 2. The lowest BCUT2D eigenvalue weighted by Crippen LogP contribution is -2.08. The summed E-state index contributed by atoms with van der Waals surface area (Å²) in [5.74, 6) is -3.14. The Morgan fingerprint density at radius 1 is 0.931 bits per heavy atom. The van der Waals surface area contributed by atoms with E-state index in [9.17, 15) is 18.4 Å². The van der Waals surface area contributed by atoms with Crippen LogP contribution in [0.3, 0.4) is 0 Å². The van der Waals surface area contributed by atoms with Crippen LogP contribution in [0.1, 0.15) is 26.4 Å². The maximum atomic E-state index is 14.7. The third-order valence-electron chi connectivity index (χ3n) is 4.61. The highest BCUT2D eigenvalue weighted by Crippen LogP contribution is 2.32. The van der Waals surface area contributed by atoms with Gasteiger partial charge in [-0.1, -0.05) is 29.8 Å². The van der Waals surface area contributed by atoms with Gasteiger partial charge in [-0.2, -0.15) is 0 Å². The van der Waals surface area contributed by atoms with Gasteiger partial charge in [-0.15, -0.1) is 0 Å². The summed E-state index contributed by atoms with van der Waals surface area (Å²) >= 11 is 6.03. The number of carboxylic acids is 1. The highest BCUT2D eigenvalue weighted by Gasteiger charge is 2.24. The van der Waals surface area contributed by atoms with Crippen LogP contribution in [0.4, 0.5) is 8.78 Å². The summed E-state index contributed by atoms with van der Waals surface area (Å²) in [7, 11) is 0. The number of halogens is 3. The molecule has 0 amide bonds. The molecule has 2 aromatic heterocycles. The van der Waals surface area contributed by atoms with Crippen LogP contribution in [0.25, 0.3) is 16.6 Å². The second-order valence-electron chi connectivity index (χ2n) is 6.33. The Bertz CT molecular complexity index is 1260. The molecule has 7 heteroatoms. The molecule has 0 fully saturated rings. The largest absolute Gasteiger partial charge is 0.478 e. The molecule has 144 valence electrons. The Labute approximate surface area is 168 Å². The molecule has 0 aliphatic carbocycles. The lowest BCUT2D eigenvalue weighted by molar-refractivity contribution is 0.0696. The molecule has 2 aromatic carbocycles. The number of hydrogen-bond acceptors (Lipinski definition) is 2. The van der Waals surface area contributed by atoms with Gasteiger partial charge in [0.2, 0.25) is 5.78 Å². The second kappa shape index (κ2) is 7.14. The SMILES string of the molecule is O=C(O)c1ccc(-c2cc(C(=O)c3c(F)cccc3Cl)n3cccc(F)c23)cc1. The lowest BCUT2D eigenvalue weighted by atomic mass is 10.0. The van der Waals surface area contributed by atoms with Gasteiger partial charge < -0.3 is 9.51 Å². The lowest BCUT2D eigenvalue weighted by Gasteiger charge is -2.06. The van der Waals surface area contributed by atoms with Crippen molar-refractivity contribution in [2.75, 3.05) is 0 Å². The zero-order chi connectivity index (χ0) is 20.7. The number of carbonyl (C=O) groups excluding carboxylic acids is 1. The van der Waals surface area contributed by atoms with Gasteiger partial charge in [-0.3, -0.25) is 4.79 Å². The fourth-order valence-electron chi connectivity index (χ4n) is 3.25. The highest BCUT2D eigenvalue weighted by atomic mass is 35.5. The Balaban J connectivity index is 1.94. The Hall–Kier alpha value is -3.51. The molecule has 0 spiro atoms. The van der Waals surface area contributed by atoms with Crippen LogP contribution in [-0.2, 0) is 0 Å². The zero-order valence-corrected chi connectivity index (χ0v) is 15.5. The summed E-state index contributed by atoms with van der Waals surface area (Å²) in [5, 5.41) is 9.01. The van der Waals surface area contributed by atoms with E-state index in [-0.39, 0.29) is 27.4 Å². The van der Waals surface area contributed by atoms with E-state index in [1.165, 1.54) is 65.2 Å². The summed E-state index contributed by atoms with van der Waals surface area (Å²) in [6.45, 7) is 0. The third kappa shape index (κ3) is 3.17. The van der Waals surface area contributed by atoms with Crippen LogP contribution in [0, 0.1) is 11.6 Å². The van der Waals surface area contributed by atoms with Crippen LogP contribution in [0.2, 0.25) is 5.02 Å². The number of carboxylic acid groups (broad SMARTS) is 1. The normalized spacial score (nSPS) is 11.0. The van der Waals surface area contributed by atoms with Crippen LogP contribution in [0.15, 0.2) is 66.9 Å². The van der Waals surface area contributed by atoms with Gasteiger partial charge in [0.15, 0.2) is 0 Å². The number of rotatable bonds is 4. The van der Waals surface area contributed by atoms with Crippen LogP contribution in [0.5, 0.6) is 0 Å². The van der Waals surface area contributed by atoms with Crippen molar-refractivity contribution < 1.29 is 23.5 Å². The van der Waals surface area contributed by atoms with E-state index < -0.39 is 23.4 Å². The fourth-order valence-corrected chi connectivity index (χ4v) is 3.49. The van der Waals surface area contributed by atoms with Crippen LogP contribution in [-0.4, -0.2) is 21.3 Å². The maximum Gasteiger partial charge on any atom is 0.335 e. The zero-order valence-electron chi connectivity index (χ0n) is 14.7. The number of fused-ring (bicyclic) bond motifs is 1. The third-order valence-corrected chi connectivity index (χ3v) is 4.92. The molecular formula is C22H12ClF2NO3. The minimum Gasteiger partial charge on any atom is -0.478 e. The van der Waals surface area contributed by atoms with Gasteiger partial charge in [-0.25, -0.2) is 13.6 Å².